The second-order valence-electron chi connectivity index (χ2n) is 6.16. The van der Waals surface area contributed by atoms with Gasteiger partial charge in [-0.25, -0.2) is 19.7 Å². The molecular weight excluding hydrogens is 352 g/mol. The van der Waals surface area contributed by atoms with Gasteiger partial charge in [0.15, 0.2) is 0 Å². The largest absolute Gasteiger partial charge is 0.462 e. The van der Waals surface area contributed by atoms with Crippen molar-refractivity contribution in [1.29, 1.82) is 0 Å². The van der Waals surface area contributed by atoms with E-state index in [1.54, 1.807) is 19.1 Å². The van der Waals surface area contributed by atoms with Gasteiger partial charge >= 0.3 is 5.97 Å². The molecule has 4 aromatic rings. The number of rotatable bonds is 4. The Hall–Kier alpha value is -3.80. The van der Waals surface area contributed by atoms with Crippen molar-refractivity contribution in [1.82, 2.24) is 15.0 Å². The fraction of sp³-hybridized carbons (Fsp3) is 0.0909. The maximum atomic E-state index is 12.0. The molecule has 28 heavy (non-hydrogen) atoms. The van der Waals surface area contributed by atoms with E-state index < -0.39 is 0 Å². The van der Waals surface area contributed by atoms with E-state index in [2.05, 4.69) is 9.97 Å². The number of pyridine rings is 1. The second kappa shape index (κ2) is 7.44. The average Bonchev–Trinajstić information content (AvgIpc) is 2.74. The SMILES string of the molecule is CCOC(=O)c1cccc(-c2ccc3nc(N)nc(-c4ccccc4)c3n2)c1. The number of carbonyl (C=O) groups excluding carboxylic acids is 1. The Morgan fingerprint density at radius 3 is 2.50 bits per heavy atom. The molecule has 0 spiro atoms. The van der Waals surface area contributed by atoms with Gasteiger partial charge in [-0.1, -0.05) is 42.5 Å². The number of fused-ring (bicyclic) bond motifs is 1. The molecule has 138 valence electrons. The van der Waals surface area contributed by atoms with E-state index >= 15 is 0 Å². The van der Waals surface area contributed by atoms with Crippen molar-refractivity contribution in [3.05, 3.63) is 72.3 Å². The molecule has 0 bridgehead atoms. The van der Waals surface area contributed by atoms with Crippen LogP contribution in [0.25, 0.3) is 33.5 Å². The summed E-state index contributed by atoms with van der Waals surface area (Å²) in [6.45, 7) is 2.11. The molecule has 2 aromatic heterocycles. The highest BCUT2D eigenvalue weighted by molar-refractivity contribution is 5.93. The van der Waals surface area contributed by atoms with E-state index in [-0.39, 0.29) is 11.9 Å². The zero-order valence-electron chi connectivity index (χ0n) is 15.3. The average molecular weight is 370 g/mol. The summed E-state index contributed by atoms with van der Waals surface area (Å²) in [6.07, 6.45) is 0. The number of benzene rings is 2. The molecule has 0 aliphatic carbocycles. The number of nitrogens with zero attached hydrogens (tertiary/aromatic N) is 3. The molecule has 0 aliphatic heterocycles. The van der Waals surface area contributed by atoms with Gasteiger partial charge in [0.25, 0.3) is 0 Å². The van der Waals surface area contributed by atoms with Crippen molar-refractivity contribution in [2.24, 2.45) is 0 Å². The van der Waals surface area contributed by atoms with Crippen LogP contribution in [-0.4, -0.2) is 27.5 Å². The van der Waals surface area contributed by atoms with Gasteiger partial charge in [-0.2, -0.15) is 0 Å². The van der Waals surface area contributed by atoms with Gasteiger partial charge in [0.1, 0.15) is 11.2 Å². The monoisotopic (exact) mass is 370 g/mol. The maximum Gasteiger partial charge on any atom is 0.338 e. The molecule has 0 amide bonds. The maximum absolute atomic E-state index is 12.0. The van der Waals surface area contributed by atoms with Crippen molar-refractivity contribution < 1.29 is 9.53 Å². The third-order valence-electron chi connectivity index (χ3n) is 4.28. The lowest BCUT2D eigenvalue weighted by Gasteiger charge is -2.09. The molecule has 0 radical (unpaired) electrons. The van der Waals surface area contributed by atoms with Crippen molar-refractivity contribution >= 4 is 23.0 Å². The normalized spacial score (nSPS) is 10.8. The van der Waals surface area contributed by atoms with E-state index in [4.69, 9.17) is 15.5 Å². The van der Waals surface area contributed by atoms with Gasteiger partial charge < -0.3 is 10.5 Å². The fourth-order valence-corrected chi connectivity index (χ4v) is 3.01. The van der Waals surface area contributed by atoms with Crippen LogP contribution >= 0.6 is 0 Å². The second-order valence-corrected chi connectivity index (χ2v) is 6.16. The molecule has 4 rings (SSSR count). The van der Waals surface area contributed by atoms with Crippen molar-refractivity contribution in [3.8, 4) is 22.5 Å². The molecule has 2 aromatic carbocycles. The van der Waals surface area contributed by atoms with Crippen LogP contribution in [0.4, 0.5) is 5.95 Å². The topological polar surface area (TPSA) is 91.0 Å². The summed E-state index contributed by atoms with van der Waals surface area (Å²) in [7, 11) is 0. The van der Waals surface area contributed by atoms with E-state index in [1.165, 1.54) is 0 Å². The number of anilines is 1. The molecule has 0 saturated heterocycles. The quantitative estimate of drug-likeness (QED) is 0.544. The van der Waals surface area contributed by atoms with Crippen LogP contribution < -0.4 is 5.73 Å². The Morgan fingerprint density at radius 2 is 1.71 bits per heavy atom. The molecular formula is C22H18N4O2. The van der Waals surface area contributed by atoms with Gasteiger partial charge in [0.05, 0.1) is 23.4 Å². The molecule has 6 heteroatoms. The fourth-order valence-electron chi connectivity index (χ4n) is 3.01. The van der Waals surface area contributed by atoms with E-state index in [1.807, 2.05) is 54.6 Å². The smallest absolute Gasteiger partial charge is 0.338 e. The van der Waals surface area contributed by atoms with Gasteiger partial charge in [0.2, 0.25) is 5.95 Å². The summed E-state index contributed by atoms with van der Waals surface area (Å²) in [4.78, 5) is 25.5. The first-order valence-corrected chi connectivity index (χ1v) is 8.93. The molecule has 0 atom stereocenters. The van der Waals surface area contributed by atoms with Crippen LogP contribution in [-0.2, 0) is 4.74 Å². The summed E-state index contributed by atoms with van der Waals surface area (Å²) < 4.78 is 5.09. The first kappa shape index (κ1) is 17.6. The number of aromatic nitrogens is 3. The molecule has 0 unspecified atom stereocenters. The number of carbonyl (C=O) groups is 1. The number of esters is 1. The first-order chi connectivity index (χ1) is 13.7. The van der Waals surface area contributed by atoms with Gasteiger partial charge in [-0.05, 0) is 31.2 Å². The van der Waals surface area contributed by atoms with Crippen LogP contribution in [0, 0.1) is 0 Å². The number of nitrogens with two attached hydrogens (primary N) is 1. The number of nitrogen functional groups attached to an aromatic ring is 1. The van der Waals surface area contributed by atoms with Crippen LogP contribution in [0.3, 0.4) is 0 Å². The number of hydrogen-bond acceptors (Lipinski definition) is 6. The molecule has 2 heterocycles. The highest BCUT2D eigenvalue weighted by Crippen LogP contribution is 2.28. The summed E-state index contributed by atoms with van der Waals surface area (Å²) >= 11 is 0. The Morgan fingerprint density at radius 1 is 0.929 bits per heavy atom. The Balaban J connectivity index is 1.85. The van der Waals surface area contributed by atoms with Crippen molar-refractivity contribution in [2.45, 2.75) is 6.92 Å². The predicted octanol–water partition coefficient (Wildman–Crippen LogP) is 4.12. The molecule has 0 saturated carbocycles. The zero-order valence-corrected chi connectivity index (χ0v) is 15.3. The Bertz CT molecular complexity index is 1160. The minimum Gasteiger partial charge on any atom is -0.462 e. The Kier molecular flexibility index (Phi) is 4.68. The summed E-state index contributed by atoms with van der Waals surface area (Å²) in [5.41, 5.74) is 10.8. The molecule has 6 nitrogen and oxygen atoms in total. The summed E-state index contributed by atoms with van der Waals surface area (Å²) in [5.74, 6) is -0.156. The highest BCUT2D eigenvalue weighted by Gasteiger charge is 2.13. The highest BCUT2D eigenvalue weighted by atomic mass is 16.5. The van der Waals surface area contributed by atoms with Crippen molar-refractivity contribution in [2.75, 3.05) is 12.3 Å². The lowest BCUT2D eigenvalue weighted by atomic mass is 10.1. The van der Waals surface area contributed by atoms with E-state index in [0.717, 1.165) is 11.1 Å². The summed E-state index contributed by atoms with van der Waals surface area (Å²) in [5, 5.41) is 0. The van der Waals surface area contributed by atoms with E-state index in [9.17, 15) is 4.79 Å². The zero-order chi connectivity index (χ0) is 19.5. The number of hydrogen-bond donors (Lipinski definition) is 1. The Labute approximate surface area is 162 Å². The minimum atomic E-state index is -0.355. The van der Waals surface area contributed by atoms with Gasteiger partial charge in [-0.3, -0.25) is 0 Å². The standard InChI is InChI=1S/C22H18N4O2/c1-2-28-21(27)16-10-6-9-15(13-16)17-11-12-18-20(24-17)19(26-22(23)25-18)14-7-4-3-5-8-14/h3-13H,2H2,1H3,(H2,23,25,26). The molecule has 2 N–H and O–H groups in total. The van der Waals surface area contributed by atoms with Gasteiger partial charge in [0, 0.05) is 11.1 Å². The van der Waals surface area contributed by atoms with E-state index in [0.29, 0.717) is 34.6 Å². The van der Waals surface area contributed by atoms with Crippen molar-refractivity contribution in [3.63, 3.8) is 0 Å². The van der Waals surface area contributed by atoms with Crippen LogP contribution in [0.15, 0.2) is 66.7 Å². The van der Waals surface area contributed by atoms with Gasteiger partial charge in [-0.15, -0.1) is 0 Å². The molecule has 0 aliphatic rings. The van der Waals surface area contributed by atoms with Crippen LogP contribution in [0.5, 0.6) is 0 Å². The predicted molar refractivity (Wildman–Crippen MR) is 109 cm³/mol. The third kappa shape index (κ3) is 3.40. The van der Waals surface area contributed by atoms with Crippen LogP contribution in [0.1, 0.15) is 17.3 Å². The minimum absolute atomic E-state index is 0.199. The summed E-state index contributed by atoms with van der Waals surface area (Å²) in [6, 6.07) is 20.6. The van der Waals surface area contributed by atoms with Crippen LogP contribution in [0.2, 0.25) is 0 Å². The lowest BCUT2D eigenvalue weighted by molar-refractivity contribution is 0.0526. The first-order valence-electron chi connectivity index (χ1n) is 8.93. The molecule has 0 fully saturated rings. The lowest BCUT2D eigenvalue weighted by Crippen LogP contribution is -2.04. The number of ether oxygens (including phenoxy) is 1. The third-order valence-corrected chi connectivity index (χ3v) is 4.28.